The Kier molecular flexibility index (Phi) is 6.77. The van der Waals surface area contributed by atoms with Crippen LogP contribution >= 0.6 is 0 Å². The van der Waals surface area contributed by atoms with Crippen molar-refractivity contribution in [1.82, 2.24) is 9.62 Å². The first-order valence-electron chi connectivity index (χ1n) is 8.54. The molecule has 0 atom stereocenters. The largest absolute Gasteiger partial charge is 0.355 e. The summed E-state index contributed by atoms with van der Waals surface area (Å²) in [5, 5.41) is 2.52. The molecule has 24 heavy (non-hydrogen) atoms. The zero-order valence-electron chi connectivity index (χ0n) is 14.2. The number of nitrogens with one attached hydrogen (secondary N) is 1. The molecule has 1 amide bonds. The molecule has 0 spiro atoms. The van der Waals surface area contributed by atoms with Gasteiger partial charge < -0.3 is 11.1 Å². The number of benzene rings is 1. The second-order valence-corrected chi connectivity index (χ2v) is 8.05. The third-order valence-electron chi connectivity index (χ3n) is 4.49. The number of rotatable bonds is 7. The highest BCUT2D eigenvalue weighted by Crippen LogP contribution is 2.28. The Morgan fingerprint density at radius 3 is 2.62 bits per heavy atom. The minimum absolute atomic E-state index is 0.0268. The predicted octanol–water partition coefficient (Wildman–Crippen LogP) is 1.72. The highest BCUT2D eigenvalue weighted by molar-refractivity contribution is 7.89. The summed E-state index contributed by atoms with van der Waals surface area (Å²) in [5.74, 6) is -0.293. The van der Waals surface area contributed by atoms with Gasteiger partial charge in [-0.1, -0.05) is 25.3 Å². The summed E-state index contributed by atoms with van der Waals surface area (Å²) in [6.07, 6.45) is 5.67. The zero-order chi connectivity index (χ0) is 17.6. The van der Waals surface area contributed by atoms with Gasteiger partial charge in [-0.3, -0.25) is 4.79 Å². The van der Waals surface area contributed by atoms with Crippen molar-refractivity contribution in [3.05, 3.63) is 29.8 Å². The van der Waals surface area contributed by atoms with Crippen LogP contribution in [-0.2, 0) is 10.0 Å². The van der Waals surface area contributed by atoms with Crippen LogP contribution in [-0.4, -0.2) is 44.8 Å². The minimum Gasteiger partial charge on any atom is -0.355 e. The lowest BCUT2D eigenvalue weighted by Crippen LogP contribution is -2.42. The fourth-order valence-electron chi connectivity index (χ4n) is 3.19. The summed E-state index contributed by atoms with van der Waals surface area (Å²) in [7, 11) is -2.11. The fourth-order valence-corrected chi connectivity index (χ4v) is 4.96. The normalized spacial score (nSPS) is 16.3. The van der Waals surface area contributed by atoms with E-state index in [1.54, 1.807) is 22.5 Å². The monoisotopic (exact) mass is 353 g/mol. The molecule has 0 unspecified atom stereocenters. The quantitative estimate of drug-likeness (QED) is 0.780. The number of hydrogen-bond acceptors (Lipinski definition) is 4. The topological polar surface area (TPSA) is 92.5 Å². The zero-order valence-corrected chi connectivity index (χ0v) is 15.0. The number of sulfonamides is 1. The number of hydrogen-bond donors (Lipinski definition) is 2. The van der Waals surface area contributed by atoms with E-state index in [1.807, 2.05) is 0 Å². The van der Waals surface area contributed by atoms with Crippen molar-refractivity contribution in [3.8, 4) is 0 Å². The van der Waals surface area contributed by atoms with Crippen molar-refractivity contribution in [3.63, 3.8) is 0 Å². The lowest BCUT2D eigenvalue weighted by Gasteiger charge is -2.33. The first-order chi connectivity index (χ1) is 11.5. The summed E-state index contributed by atoms with van der Waals surface area (Å²) in [5.41, 5.74) is 5.94. The van der Waals surface area contributed by atoms with Crippen molar-refractivity contribution in [2.24, 2.45) is 5.73 Å². The van der Waals surface area contributed by atoms with E-state index < -0.39 is 10.0 Å². The summed E-state index contributed by atoms with van der Waals surface area (Å²) in [6, 6.07) is 6.26. The van der Waals surface area contributed by atoms with Gasteiger partial charge >= 0.3 is 0 Å². The third kappa shape index (κ3) is 4.34. The van der Waals surface area contributed by atoms with Crippen LogP contribution in [0.4, 0.5) is 0 Å². The second kappa shape index (κ2) is 8.60. The van der Waals surface area contributed by atoms with E-state index in [-0.39, 0.29) is 16.8 Å². The highest BCUT2D eigenvalue weighted by Gasteiger charge is 2.32. The van der Waals surface area contributed by atoms with Crippen LogP contribution in [0.1, 0.15) is 48.9 Å². The number of nitrogens with two attached hydrogens (primary N) is 1. The molecule has 134 valence electrons. The van der Waals surface area contributed by atoms with Crippen molar-refractivity contribution >= 4 is 15.9 Å². The van der Waals surface area contributed by atoms with Crippen LogP contribution in [0, 0.1) is 0 Å². The van der Waals surface area contributed by atoms with E-state index in [9.17, 15) is 13.2 Å². The van der Waals surface area contributed by atoms with Gasteiger partial charge in [0.05, 0.1) is 4.90 Å². The molecular weight excluding hydrogens is 326 g/mol. The molecule has 3 N–H and O–H groups in total. The molecule has 1 aromatic rings. The lowest BCUT2D eigenvalue weighted by atomic mass is 9.95. The average Bonchev–Trinajstić information content (AvgIpc) is 2.62. The van der Waals surface area contributed by atoms with E-state index in [0.29, 0.717) is 25.1 Å². The summed E-state index contributed by atoms with van der Waals surface area (Å²) in [6.45, 7) is 0.880. The van der Waals surface area contributed by atoms with Crippen molar-refractivity contribution in [1.29, 1.82) is 0 Å². The molecule has 1 aliphatic carbocycles. The molecule has 1 fully saturated rings. The van der Waals surface area contributed by atoms with Gasteiger partial charge in [-0.25, -0.2) is 8.42 Å². The first-order valence-corrected chi connectivity index (χ1v) is 9.98. The van der Waals surface area contributed by atoms with Gasteiger partial charge in [0.1, 0.15) is 0 Å². The van der Waals surface area contributed by atoms with Crippen molar-refractivity contribution < 1.29 is 13.2 Å². The lowest BCUT2D eigenvalue weighted by molar-refractivity contribution is 0.0963. The van der Waals surface area contributed by atoms with Crippen molar-refractivity contribution in [2.45, 2.75) is 49.5 Å². The summed E-state index contributed by atoms with van der Waals surface area (Å²) < 4.78 is 27.9. The summed E-state index contributed by atoms with van der Waals surface area (Å²) >= 11 is 0. The summed E-state index contributed by atoms with van der Waals surface area (Å²) in [4.78, 5) is 12.0. The van der Waals surface area contributed by atoms with Crippen LogP contribution in [0.25, 0.3) is 0 Å². The fraction of sp³-hybridized carbons (Fsp3) is 0.588. The van der Waals surface area contributed by atoms with Crippen LogP contribution in [0.15, 0.2) is 29.2 Å². The average molecular weight is 353 g/mol. The van der Waals surface area contributed by atoms with Crippen molar-refractivity contribution in [2.75, 3.05) is 20.1 Å². The maximum absolute atomic E-state index is 13.2. The number of amides is 1. The Balaban J connectivity index is 2.34. The molecule has 7 heteroatoms. The molecule has 6 nitrogen and oxygen atoms in total. The molecule has 1 saturated carbocycles. The van der Waals surface area contributed by atoms with Gasteiger partial charge in [0.25, 0.3) is 5.91 Å². The van der Waals surface area contributed by atoms with Crippen LogP contribution in [0.3, 0.4) is 0 Å². The van der Waals surface area contributed by atoms with Gasteiger partial charge in [0.2, 0.25) is 10.0 Å². The minimum atomic E-state index is -3.64. The van der Waals surface area contributed by atoms with E-state index in [2.05, 4.69) is 5.32 Å². The Hall–Kier alpha value is -1.44. The van der Waals surface area contributed by atoms with Gasteiger partial charge in [0, 0.05) is 25.2 Å². The molecule has 0 aromatic heterocycles. The SMILES string of the molecule is CNC(=O)c1cccc(S(=O)(=O)N(CCCN)C2CCCCC2)c1. The third-order valence-corrected chi connectivity index (χ3v) is 6.44. The van der Waals surface area contributed by atoms with Gasteiger partial charge in [-0.2, -0.15) is 4.31 Å². The van der Waals surface area contributed by atoms with E-state index >= 15 is 0 Å². The van der Waals surface area contributed by atoms with E-state index in [0.717, 1.165) is 32.1 Å². The van der Waals surface area contributed by atoms with Gasteiger partial charge in [0.15, 0.2) is 0 Å². The molecule has 0 bridgehead atoms. The highest BCUT2D eigenvalue weighted by atomic mass is 32.2. The van der Waals surface area contributed by atoms with Gasteiger partial charge in [-0.15, -0.1) is 0 Å². The number of nitrogens with zero attached hydrogens (tertiary/aromatic N) is 1. The van der Waals surface area contributed by atoms with Crippen LogP contribution in [0.2, 0.25) is 0 Å². The standard InChI is InChI=1S/C17H27N3O3S/c1-19-17(21)14-7-5-10-16(13-14)24(22,23)20(12-6-11-18)15-8-3-2-4-9-15/h5,7,10,13,15H,2-4,6,8-9,11-12,18H2,1H3,(H,19,21). The molecule has 0 radical (unpaired) electrons. The second-order valence-electron chi connectivity index (χ2n) is 6.16. The molecule has 1 aliphatic rings. The molecule has 0 heterocycles. The Morgan fingerprint density at radius 1 is 1.29 bits per heavy atom. The Labute approximate surface area is 144 Å². The maximum atomic E-state index is 13.2. The van der Waals surface area contributed by atoms with Crippen LogP contribution in [0.5, 0.6) is 0 Å². The van der Waals surface area contributed by atoms with Crippen LogP contribution < -0.4 is 11.1 Å². The molecule has 0 aliphatic heterocycles. The molecular formula is C17H27N3O3S. The maximum Gasteiger partial charge on any atom is 0.251 e. The number of carbonyl (C=O) groups is 1. The Morgan fingerprint density at radius 2 is 2.00 bits per heavy atom. The molecule has 0 saturated heterocycles. The predicted molar refractivity (Wildman–Crippen MR) is 94.3 cm³/mol. The molecule has 2 rings (SSSR count). The van der Waals surface area contributed by atoms with E-state index in [4.69, 9.17) is 5.73 Å². The first kappa shape index (κ1) is 18.9. The Bertz CT molecular complexity index is 655. The van der Waals surface area contributed by atoms with E-state index in [1.165, 1.54) is 13.1 Å². The smallest absolute Gasteiger partial charge is 0.251 e. The molecule has 1 aromatic carbocycles. The van der Waals surface area contributed by atoms with Gasteiger partial charge in [-0.05, 0) is 44.0 Å². The number of carbonyl (C=O) groups excluding carboxylic acids is 1.